The number of Topliss-reactive ketones (excluding diaryl/α,β-unsaturated/α-hetero) is 1. The molecule has 6 rings (SSSR count). The number of ether oxygens (including phenoxy) is 4. The number of benzene rings is 3. The lowest BCUT2D eigenvalue weighted by Crippen LogP contribution is -2.57. The number of ketones is 1. The van der Waals surface area contributed by atoms with Gasteiger partial charge in [-0.25, -0.2) is 9.65 Å². The third-order valence-corrected chi connectivity index (χ3v) is 13.6. The average Bonchev–Trinajstić information content (AvgIpc) is 3.88. The van der Waals surface area contributed by atoms with Crippen molar-refractivity contribution in [1.82, 2.24) is 24.2 Å². The quantitative estimate of drug-likeness (QED) is 0.0429. The average molecular weight is 924 g/mol. The zero-order chi connectivity index (χ0) is 48.0. The van der Waals surface area contributed by atoms with E-state index < -0.39 is 49.0 Å². The molecule has 1 aliphatic heterocycles. The summed E-state index contributed by atoms with van der Waals surface area (Å²) in [5, 5.41) is 12.2. The fourth-order valence-corrected chi connectivity index (χ4v) is 9.99. The van der Waals surface area contributed by atoms with E-state index in [4.69, 9.17) is 28.0 Å². The molecule has 4 atom stereocenters. The van der Waals surface area contributed by atoms with Crippen LogP contribution in [0.25, 0.3) is 11.2 Å². The number of imidazole rings is 1. The lowest BCUT2D eigenvalue weighted by Gasteiger charge is -2.44. The summed E-state index contributed by atoms with van der Waals surface area (Å²) in [4.78, 5) is 53.6. The predicted octanol–water partition coefficient (Wildman–Crippen LogP) is 8.67. The monoisotopic (exact) mass is 923 g/mol. The first-order valence-corrected chi connectivity index (χ1v) is 23.3. The highest BCUT2D eigenvalue weighted by Gasteiger charge is 2.61. The number of nitriles is 1. The molecule has 1 unspecified atom stereocenters. The first kappa shape index (κ1) is 49.9. The second-order valence-corrected chi connectivity index (χ2v) is 19.5. The van der Waals surface area contributed by atoms with E-state index >= 15 is 4.79 Å². The zero-order valence-electron chi connectivity index (χ0n) is 39.7. The van der Waals surface area contributed by atoms with Crippen LogP contribution in [-0.2, 0) is 33.7 Å². The van der Waals surface area contributed by atoms with Crippen LogP contribution in [-0.4, -0.2) is 87.1 Å². The first-order valence-electron chi connectivity index (χ1n) is 22.1. The molecule has 1 aliphatic rings. The molecule has 1 saturated heterocycles. The van der Waals surface area contributed by atoms with Crippen molar-refractivity contribution < 1.29 is 37.6 Å². The van der Waals surface area contributed by atoms with Crippen molar-refractivity contribution in [3.8, 4) is 17.6 Å². The van der Waals surface area contributed by atoms with Crippen molar-refractivity contribution in [1.29, 1.82) is 5.26 Å². The van der Waals surface area contributed by atoms with E-state index in [9.17, 15) is 14.9 Å². The number of fused-ring (bicyclic) bond motifs is 1. The number of aromatic nitrogens is 4. The molecule has 3 heterocycles. The van der Waals surface area contributed by atoms with E-state index in [1.165, 1.54) is 6.33 Å². The van der Waals surface area contributed by atoms with Crippen molar-refractivity contribution >= 4 is 37.3 Å². The molecule has 0 aliphatic carbocycles. The highest BCUT2D eigenvalue weighted by atomic mass is 31.2. The van der Waals surface area contributed by atoms with Gasteiger partial charge in [0.25, 0.3) is 14.1 Å². The third-order valence-electron chi connectivity index (χ3n) is 11.4. The van der Waals surface area contributed by atoms with Gasteiger partial charge in [-0.15, -0.1) is 0 Å². The number of carbonyl (C=O) groups is 2. The van der Waals surface area contributed by atoms with Gasteiger partial charge in [0, 0.05) is 29.8 Å². The van der Waals surface area contributed by atoms with Gasteiger partial charge in [-0.2, -0.15) is 10.2 Å². The highest BCUT2D eigenvalue weighted by molar-refractivity contribution is 7.44. The fraction of sp³-hybridized carbons (Fsp3) is 0.469. The molecule has 17 heteroatoms. The summed E-state index contributed by atoms with van der Waals surface area (Å²) >= 11 is 0. The maximum atomic E-state index is 15.7. The SMILES string of the molecule is COc1ccc(C(OC[C@@]2(C(=O)C(C)(C)C)O[C@@H](n3cnc4c(=O)[nH]c(NC(=O)C(C)C)nc43)C[C@@H]2OP(OCCC#N)N(C(C)C)C(C)C)(c2ccccc2)c2ccc(OC)cc2)cc1. The van der Waals surface area contributed by atoms with Crippen LogP contribution in [0.3, 0.4) is 0 Å². The van der Waals surface area contributed by atoms with E-state index in [1.54, 1.807) is 32.6 Å². The van der Waals surface area contributed by atoms with Gasteiger partial charge in [-0.1, -0.05) is 89.2 Å². The lowest BCUT2D eigenvalue weighted by atomic mass is 9.76. The van der Waals surface area contributed by atoms with Gasteiger partial charge in [0.05, 0.1) is 46.3 Å². The van der Waals surface area contributed by atoms with E-state index in [-0.39, 0.29) is 66.9 Å². The van der Waals surface area contributed by atoms with Gasteiger partial charge in [0.2, 0.25) is 11.9 Å². The number of nitrogens with one attached hydrogen (secondary N) is 2. The second-order valence-electron chi connectivity index (χ2n) is 18.1. The van der Waals surface area contributed by atoms with Crippen LogP contribution in [0.15, 0.2) is 90.0 Å². The topological polar surface area (TPSA) is 192 Å². The molecule has 0 radical (unpaired) electrons. The van der Waals surface area contributed by atoms with Gasteiger partial charge in [0.15, 0.2) is 22.5 Å². The minimum Gasteiger partial charge on any atom is -0.497 e. The molecule has 352 valence electrons. The Balaban J connectivity index is 1.60. The molecule has 0 saturated carbocycles. The molecule has 0 bridgehead atoms. The first-order chi connectivity index (χ1) is 31.4. The minimum atomic E-state index is -1.94. The number of methoxy groups -OCH3 is 2. The van der Waals surface area contributed by atoms with E-state index in [2.05, 4.69) is 31.0 Å². The Hall–Kier alpha value is -5.53. The van der Waals surface area contributed by atoms with Crippen LogP contribution < -0.4 is 20.3 Å². The van der Waals surface area contributed by atoms with Crippen LogP contribution in [0.2, 0.25) is 0 Å². The lowest BCUT2D eigenvalue weighted by molar-refractivity contribution is -0.182. The summed E-state index contributed by atoms with van der Waals surface area (Å²) in [6.07, 6.45) is -0.459. The van der Waals surface area contributed by atoms with Gasteiger partial charge < -0.3 is 28.0 Å². The molecule has 1 amide bonds. The zero-order valence-corrected chi connectivity index (χ0v) is 40.6. The number of H-pyrrole nitrogens is 1. The Morgan fingerprint density at radius 2 is 1.52 bits per heavy atom. The third kappa shape index (κ3) is 10.4. The Morgan fingerprint density at radius 1 is 0.939 bits per heavy atom. The molecule has 2 aromatic heterocycles. The maximum Gasteiger partial charge on any atom is 0.280 e. The predicted molar refractivity (Wildman–Crippen MR) is 252 cm³/mol. The molecular weight excluding hydrogens is 862 g/mol. The van der Waals surface area contributed by atoms with E-state index in [1.807, 2.05) is 127 Å². The fourth-order valence-electron chi connectivity index (χ4n) is 8.22. The summed E-state index contributed by atoms with van der Waals surface area (Å²) in [6, 6.07) is 26.9. The van der Waals surface area contributed by atoms with Gasteiger partial charge in [-0.05, 0) is 68.7 Å². The van der Waals surface area contributed by atoms with Crippen molar-refractivity contribution in [2.45, 2.75) is 111 Å². The van der Waals surface area contributed by atoms with E-state index in [0.29, 0.717) is 11.5 Å². The number of amides is 1. The van der Waals surface area contributed by atoms with Gasteiger partial charge >= 0.3 is 0 Å². The van der Waals surface area contributed by atoms with Gasteiger partial charge in [-0.3, -0.25) is 29.3 Å². The highest BCUT2D eigenvalue weighted by Crippen LogP contribution is 2.54. The molecule has 5 aromatic rings. The normalized spacial score (nSPS) is 18.3. The number of hydrogen-bond donors (Lipinski definition) is 2. The molecule has 16 nitrogen and oxygen atoms in total. The van der Waals surface area contributed by atoms with Crippen LogP contribution in [0.4, 0.5) is 5.95 Å². The van der Waals surface area contributed by atoms with Crippen molar-refractivity contribution in [3.05, 3.63) is 112 Å². The van der Waals surface area contributed by atoms with Crippen LogP contribution in [0.5, 0.6) is 11.5 Å². The van der Waals surface area contributed by atoms with Crippen LogP contribution >= 0.6 is 8.53 Å². The summed E-state index contributed by atoms with van der Waals surface area (Å²) < 4.78 is 43.3. The standard InChI is InChI=1S/C49H62N7O9P/c1-31(2)43(57)53-46-52-42-41(44(58)54-46)51-30-55(42)40-28-39(65-66(63-27-15-26-50)56(32(3)4)33(5)6)48(64-40,45(59)47(7,8)9)29-62-49(34-16-13-12-14-17-34,35-18-22-37(60-10)23-19-35)36-20-24-38(61-11)25-21-36/h12-14,16-25,30-33,39-40H,15,27-29H2,1-11H3,(H2,52,53,54,57,58)/t39-,40+,48+,66?/m0/s1. The molecule has 2 N–H and O–H groups in total. The Morgan fingerprint density at radius 3 is 2.03 bits per heavy atom. The Kier molecular flexibility index (Phi) is 15.9. The number of anilines is 1. The van der Waals surface area contributed by atoms with E-state index in [0.717, 1.165) is 16.7 Å². The maximum absolute atomic E-state index is 15.7. The molecule has 66 heavy (non-hydrogen) atoms. The smallest absolute Gasteiger partial charge is 0.280 e. The summed E-state index contributed by atoms with van der Waals surface area (Å²) in [5.41, 5.74) is -2.49. The molecule has 0 spiro atoms. The largest absolute Gasteiger partial charge is 0.497 e. The number of hydrogen-bond acceptors (Lipinski definition) is 13. The number of rotatable bonds is 20. The summed E-state index contributed by atoms with van der Waals surface area (Å²) in [5.74, 6) is 0.160. The van der Waals surface area contributed by atoms with Crippen molar-refractivity contribution in [3.63, 3.8) is 0 Å². The van der Waals surface area contributed by atoms with Crippen molar-refractivity contribution in [2.75, 3.05) is 32.8 Å². The molecule has 1 fully saturated rings. The number of carbonyl (C=O) groups excluding carboxylic acids is 2. The number of aromatic amines is 1. The van der Waals surface area contributed by atoms with Crippen LogP contribution in [0, 0.1) is 22.7 Å². The number of nitrogens with zero attached hydrogens (tertiary/aromatic N) is 5. The molecule has 3 aromatic carbocycles. The minimum absolute atomic E-state index is 0.00416. The van der Waals surface area contributed by atoms with Crippen LogP contribution in [0.1, 0.15) is 98.1 Å². The van der Waals surface area contributed by atoms with Crippen molar-refractivity contribution in [2.24, 2.45) is 11.3 Å². The Bertz CT molecular complexity index is 2480. The summed E-state index contributed by atoms with van der Waals surface area (Å²) in [6.45, 7) is 16.8. The Labute approximate surface area is 387 Å². The second kappa shape index (κ2) is 21.0. The van der Waals surface area contributed by atoms with Gasteiger partial charge in [0.1, 0.15) is 29.4 Å². The molecular formula is C49H62N7O9P. The summed E-state index contributed by atoms with van der Waals surface area (Å²) in [7, 11) is 1.26.